The van der Waals surface area contributed by atoms with Gasteiger partial charge in [0.2, 0.25) is 0 Å². The van der Waals surface area contributed by atoms with Crippen LogP contribution in [-0.2, 0) is 6.54 Å². The Kier molecular flexibility index (Phi) is 2.91. The van der Waals surface area contributed by atoms with Crippen molar-refractivity contribution in [2.45, 2.75) is 20.4 Å². The van der Waals surface area contributed by atoms with E-state index in [4.69, 9.17) is 0 Å². The number of hydrogen-bond donors (Lipinski definition) is 0. The monoisotopic (exact) mass is 231 g/mol. The highest BCUT2D eigenvalue weighted by Gasteiger charge is 2.13. The van der Waals surface area contributed by atoms with Crippen LogP contribution in [0.4, 0.5) is 5.69 Å². The number of rotatable bonds is 3. The Morgan fingerprint density at radius 2 is 2.12 bits per heavy atom. The van der Waals surface area contributed by atoms with Gasteiger partial charge < -0.3 is 0 Å². The molecule has 0 radical (unpaired) electrons. The smallest absolute Gasteiger partial charge is 0.268 e. The van der Waals surface area contributed by atoms with Crippen LogP contribution >= 0.6 is 0 Å². The fourth-order valence-corrected chi connectivity index (χ4v) is 1.76. The molecule has 0 aliphatic carbocycles. The van der Waals surface area contributed by atoms with E-state index in [1.807, 2.05) is 25.3 Å². The Labute approximate surface area is 98.8 Å². The van der Waals surface area contributed by atoms with Gasteiger partial charge in [0.1, 0.15) is 0 Å². The van der Waals surface area contributed by atoms with E-state index in [-0.39, 0.29) is 10.6 Å². The SMILES string of the molecule is Cc1ccn(Cc2cccc([N+](=O)[O-])c2C)n1. The summed E-state index contributed by atoms with van der Waals surface area (Å²) in [6.45, 7) is 4.24. The lowest BCUT2D eigenvalue weighted by Crippen LogP contribution is -2.04. The molecule has 0 fully saturated rings. The molecule has 0 aliphatic rings. The molecule has 0 spiro atoms. The minimum Gasteiger partial charge on any atom is -0.268 e. The second-order valence-electron chi connectivity index (χ2n) is 3.97. The van der Waals surface area contributed by atoms with E-state index in [1.54, 1.807) is 17.7 Å². The van der Waals surface area contributed by atoms with E-state index < -0.39 is 0 Å². The number of nitrogens with zero attached hydrogens (tertiary/aromatic N) is 3. The van der Waals surface area contributed by atoms with Crippen LogP contribution in [0.3, 0.4) is 0 Å². The van der Waals surface area contributed by atoms with Crippen molar-refractivity contribution >= 4 is 5.69 Å². The first kappa shape index (κ1) is 11.3. The van der Waals surface area contributed by atoms with E-state index in [0.717, 1.165) is 11.3 Å². The summed E-state index contributed by atoms with van der Waals surface area (Å²) < 4.78 is 1.78. The van der Waals surface area contributed by atoms with Crippen LogP contribution in [0.25, 0.3) is 0 Å². The second kappa shape index (κ2) is 4.37. The van der Waals surface area contributed by atoms with Crippen molar-refractivity contribution in [1.29, 1.82) is 0 Å². The molecule has 0 unspecified atom stereocenters. The molecule has 2 aromatic rings. The first-order chi connectivity index (χ1) is 8.08. The van der Waals surface area contributed by atoms with Gasteiger partial charge in [-0.2, -0.15) is 5.10 Å². The molecule has 0 atom stereocenters. The molecule has 0 saturated heterocycles. The van der Waals surface area contributed by atoms with Crippen LogP contribution in [0.5, 0.6) is 0 Å². The van der Waals surface area contributed by atoms with E-state index >= 15 is 0 Å². The maximum absolute atomic E-state index is 10.8. The summed E-state index contributed by atoms with van der Waals surface area (Å²) in [5.74, 6) is 0. The van der Waals surface area contributed by atoms with Crippen LogP contribution in [0.1, 0.15) is 16.8 Å². The summed E-state index contributed by atoms with van der Waals surface area (Å²) >= 11 is 0. The van der Waals surface area contributed by atoms with Gasteiger partial charge in [-0.15, -0.1) is 0 Å². The molecule has 0 saturated carbocycles. The number of nitro benzene ring substituents is 1. The van der Waals surface area contributed by atoms with Gasteiger partial charge in [-0.1, -0.05) is 12.1 Å². The van der Waals surface area contributed by atoms with Gasteiger partial charge in [-0.25, -0.2) is 0 Å². The molecular weight excluding hydrogens is 218 g/mol. The number of aryl methyl sites for hydroxylation is 1. The summed E-state index contributed by atoms with van der Waals surface area (Å²) in [6.07, 6.45) is 1.87. The number of nitro groups is 1. The standard InChI is InChI=1S/C12H13N3O2/c1-9-6-7-14(13-9)8-11-4-3-5-12(10(11)2)15(16)17/h3-7H,8H2,1-2H3. The molecule has 17 heavy (non-hydrogen) atoms. The van der Waals surface area contributed by atoms with Crippen LogP contribution in [0.2, 0.25) is 0 Å². The van der Waals surface area contributed by atoms with Gasteiger partial charge in [-0.3, -0.25) is 14.8 Å². The van der Waals surface area contributed by atoms with Crippen molar-refractivity contribution < 1.29 is 4.92 Å². The molecule has 1 aromatic heterocycles. The minimum absolute atomic E-state index is 0.159. The third-order valence-electron chi connectivity index (χ3n) is 2.72. The number of benzene rings is 1. The average Bonchev–Trinajstić information content (AvgIpc) is 2.67. The van der Waals surface area contributed by atoms with Gasteiger partial charge in [0.05, 0.1) is 17.2 Å². The zero-order valence-electron chi connectivity index (χ0n) is 9.75. The fraction of sp³-hybridized carbons (Fsp3) is 0.250. The summed E-state index contributed by atoms with van der Waals surface area (Å²) in [5, 5.41) is 15.1. The van der Waals surface area contributed by atoms with Crippen molar-refractivity contribution in [3.63, 3.8) is 0 Å². The highest BCUT2D eigenvalue weighted by atomic mass is 16.6. The summed E-state index contributed by atoms with van der Waals surface area (Å²) in [7, 11) is 0. The normalized spacial score (nSPS) is 10.5. The predicted molar refractivity (Wildman–Crippen MR) is 63.9 cm³/mol. The summed E-state index contributed by atoms with van der Waals surface area (Å²) in [6, 6.07) is 7.02. The topological polar surface area (TPSA) is 61.0 Å². The van der Waals surface area contributed by atoms with Crippen LogP contribution in [-0.4, -0.2) is 14.7 Å². The Morgan fingerprint density at radius 1 is 1.35 bits per heavy atom. The highest BCUT2D eigenvalue weighted by molar-refractivity contribution is 5.44. The molecule has 1 aromatic carbocycles. The van der Waals surface area contributed by atoms with Crippen LogP contribution in [0.15, 0.2) is 30.5 Å². The van der Waals surface area contributed by atoms with Gasteiger partial charge in [0, 0.05) is 17.8 Å². The Hall–Kier alpha value is -2.17. The average molecular weight is 231 g/mol. The molecule has 88 valence electrons. The van der Waals surface area contributed by atoms with Crippen LogP contribution in [0, 0.1) is 24.0 Å². The van der Waals surface area contributed by atoms with Gasteiger partial charge >= 0.3 is 0 Å². The lowest BCUT2D eigenvalue weighted by molar-refractivity contribution is -0.385. The third kappa shape index (κ3) is 2.33. The largest absolute Gasteiger partial charge is 0.272 e. The fourth-order valence-electron chi connectivity index (χ4n) is 1.76. The van der Waals surface area contributed by atoms with Gasteiger partial charge in [-0.05, 0) is 25.5 Å². The first-order valence-electron chi connectivity index (χ1n) is 5.31. The van der Waals surface area contributed by atoms with Crippen LogP contribution < -0.4 is 0 Å². The van der Waals surface area contributed by atoms with Crippen molar-refractivity contribution in [3.8, 4) is 0 Å². The zero-order valence-corrected chi connectivity index (χ0v) is 9.75. The highest BCUT2D eigenvalue weighted by Crippen LogP contribution is 2.21. The lowest BCUT2D eigenvalue weighted by Gasteiger charge is -2.06. The van der Waals surface area contributed by atoms with Crippen molar-refractivity contribution in [2.75, 3.05) is 0 Å². The number of hydrogen-bond acceptors (Lipinski definition) is 3. The van der Waals surface area contributed by atoms with E-state index in [0.29, 0.717) is 12.1 Å². The summed E-state index contributed by atoms with van der Waals surface area (Å²) in [4.78, 5) is 10.5. The van der Waals surface area contributed by atoms with Crippen molar-refractivity contribution in [1.82, 2.24) is 9.78 Å². The molecule has 0 N–H and O–H groups in total. The van der Waals surface area contributed by atoms with Gasteiger partial charge in [0.15, 0.2) is 0 Å². The lowest BCUT2D eigenvalue weighted by atomic mass is 10.1. The molecule has 0 amide bonds. The van der Waals surface area contributed by atoms with E-state index in [2.05, 4.69) is 5.10 Å². The first-order valence-corrected chi connectivity index (χ1v) is 5.31. The van der Waals surface area contributed by atoms with Gasteiger partial charge in [0.25, 0.3) is 5.69 Å². The summed E-state index contributed by atoms with van der Waals surface area (Å²) in [5.41, 5.74) is 2.72. The maximum Gasteiger partial charge on any atom is 0.272 e. The molecule has 5 heteroatoms. The molecule has 2 rings (SSSR count). The maximum atomic E-state index is 10.8. The Bertz CT molecular complexity index is 561. The van der Waals surface area contributed by atoms with Crippen molar-refractivity contribution in [2.24, 2.45) is 0 Å². The predicted octanol–water partition coefficient (Wildman–Crippen LogP) is 2.46. The van der Waals surface area contributed by atoms with Crippen molar-refractivity contribution in [3.05, 3.63) is 57.4 Å². The van der Waals surface area contributed by atoms with E-state index in [9.17, 15) is 10.1 Å². The Balaban J connectivity index is 2.33. The molecule has 0 aliphatic heterocycles. The Morgan fingerprint density at radius 3 is 2.71 bits per heavy atom. The minimum atomic E-state index is -0.354. The third-order valence-corrected chi connectivity index (χ3v) is 2.72. The number of aromatic nitrogens is 2. The van der Waals surface area contributed by atoms with E-state index in [1.165, 1.54) is 6.07 Å². The molecule has 5 nitrogen and oxygen atoms in total. The molecular formula is C12H13N3O2. The molecule has 1 heterocycles. The zero-order chi connectivity index (χ0) is 12.4. The second-order valence-corrected chi connectivity index (χ2v) is 3.97. The quantitative estimate of drug-likeness (QED) is 0.602. The molecule has 0 bridgehead atoms.